The molecular formula is C24H36O3. The van der Waals surface area contributed by atoms with Crippen LogP contribution in [0.5, 0.6) is 11.5 Å². The lowest BCUT2D eigenvalue weighted by atomic mass is 9.54. The molecule has 1 aromatic rings. The van der Waals surface area contributed by atoms with Gasteiger partial charge in [0.15, 0.2) is 18.3 Å². The molecule has 0 aliphatic heterocycles. The smallest absolute Gasteiger partial charge is 0.189 e. The molecule has 0 N–H and O–H groups in total. The number of rotatable bonds is 6. The van der Waals surface area contributed by atoms with E-state index in [2.05, 4.69) is 39.8 Å². The van der Waals surface area contributed by atoms with Crippen LogP contribution in [0.1, 0.15) is 77.7 Å². The van der Waals surface area contributed by atoms with E-state index in [1.165, 1.54) is 44.1 Å². The molecule has 0 spiro atoms. The lowest BCUT2D eigenvalue weighted by Crippen LogP contribution is -2.52. The number of hydrogen-bond donors (Lipinski definition) is 0. The second kappa shape index (κ2) is 6.99. The second-order valence-corrected chi connectivity index (χ2v) is 10.5. The summed E-state index contributed by atoms with van der Waals surface area (Å²) >= 11 is 0. The van der Waals surface area contributed by atoms with E-state index in [1.54, 1.807) is 7.11 Å². The molecule has 4 saturated carbocycles. The van der Waals surface area contributed by atoms with Gasteiger partial charge in [-0.1, -0.05) is 33.8 Å². The maximum Gasteiger partial charge on any atom is 0.189 e. The van der Waals surface area contributed by atoms with Crippen molar-refractivity contribution in [1.29, 1.82) is 0 Å². The molecule has 27 heavy (non-hydrogen) atoms. The normalized spacial score (nSPS) is 33.1. The zero-order valence-electron chi connectivity index (χ0n) is 17.7. The maximum atomic E-state index is 6.40. The molecule has 0 heterocycles. The Kier molecular flexibility index (Phi) is 4.95. The highest BCUT2D eigenvalue weighted by Crippen LogP contribution is 2.57. The highest BCUT2D eigenvalue weighted by atomic mass is 16.7. The summed E-state index contributed by atoms with van der Waals surface area (Å²) in [5, 5.41) is 0. The average molecular weight is 373 g/mol. The van der Waals surface area contributed by atoms with E-state index < -0.39 is 0 Å². The van der Waals surface area contributed by atoms with Crippen LogP contribution in [0.25, 0.3) is 0 Å². The minimum atomic E-state index is 0.0860. The largest absolute Gasteiger partial charge is 0.493 e. The zero-order chi connectivity index (χ0) is 19.2. The molecule has 0 saturated heterocycles. The summed E-state index contributed by atoms with van der Waals surface area (Å²) in [6, 6.07) is 6.33. The molecular weight excluding hydrogens is 336 g/mol. The van der Waals surface area contributed by atoms with Crippen molar-refractivity contribution in [3.63, 3.8) is 0 Å². The van der Waals surface area contributed by atoms with Gasteiger partial charge in [0.05, 0.1) is 12.7 Å². The number of methoxy groups -OCH3 is 1. The molecule has 4 bridgehead atoms. The standard InChI is InChI=1S/C24H36O3/c1-16(23(2,3)4)20-6-7-21(22(11-20)25-5)26-15-27-24-12-17-8-18(13-24)10-19(9-17)14-24/h6-7,11,16-19H,8-10,12-15H2,1-5H3. The third kappa shape index (κ3) is 3.85. The molecule has 150 valence electrons. The third-order valence-corrected chi connectivity index (χ3v) is 7.55. The zero-order valence-corrected chi connectivity index (χ0v) is 17.7. The third-order valence-electron chi connectivity index (χ3n) is 7.55. The minimum absolute atomic E-state index is 0.0860. The summed E-state index contributed by atoms with van der Waals surface area (Å²) in [4.78, 5) is 0. The van der Waals surface area contributed by atoms with Gasteiger partial charge in [-0.15, -0.1) is 0 Å². The van der Waals surface area contributed by atoms with Crippen LogP contribution in [0.3, 0.4) is 0 Å². The van der Waals surface area contributed by atoms with Gasteiger partial charge in [0.1, 0.15) is 0 Å². The lowest BCUT2D eigenvalue weighted by molar-refractivity contribution is -0.190. The summed E-state index contributed by atoms with van der Waals surface area (Å²) < 4.78 is 18.1. The Morgan fingerprint density at radius 3 is 2.11 bits per heavy atom. The van der Waals surface area contributed by atoms with E-state index in [4.69, 9.17) is 14.2 Å². The van der Waals surface area contributed by atoms with Crippen LogP contribution in [0.4, 0.5) is 0 Å². The van der Waals surface area contributed by atoms with Gasteiger partial charge >= 0.3 is 0 Å². The quantitative estimate of drug-likeness (QED) is 0.559. The molecule has 5 rings (SSSR count). The van der Waals surface area contributed by atoms with Crippen LogP contribution in [0.15, 0.2) is 18.2 Å². The van der Waals surface area contributed by atoms with E-state index in [1.807, 2.05) is 6.07 Å². The fourth-order valence-corrected chi connectivity index (χ4v) is 6.00. The van der Waals surface area contributed by atoms with Gasteiger partial charge in [0.2, 0.25) is 0 Å². The summed E-state index contributed by atoms with van der Waals surface area (Å²) in [7, 11) is 1.72. The molecule has 0 radical (unpaired) electrons. The Morgan fingerprint density at radius 2 is 1.59 bits per heavy atom. The fraction of sp³-hybridized carbons (Fsp3) is 0.750. The maximum absolute atomic E-state index is 6.40. The molecule has 4 aliphatic rings. The van der Waals surface area contributed by atoms with Crippen molar-refractivity contribution in [1.82, 2.24) is 0 Å². The summed E-state index contributed by atoms with van der Waals surface area (Å²) in [5.41, 5.74) is 1.59. The van der Waals surface area contributed by atoms with Gasteiger partial charge in [0.25, 0.3) is 0 Å². The Morgan fingerprint density at radius 1 is 1.00 bits per heavy atom. The first kappa shape index (κ1) is 19.1. The number of benzene rings is 1. The second-order valence-electron chi connectivity index (χ2n) is 10.5. The van der Waals surface area contributed by atoms with E-state index in [0.717, 1.165) is 29.3 Å². The van der Waals surface area contributed by atoms with E-state index in [9.17, 15) is 0 Å². The molecule has 1 aromatic carbocycles. The Balaban J connectivity index is 1.40. The molecule has 4 fully saturated rings. The molecule has 0 amide bonds. The lowest BCUT2D eigenvalue weighted by Gasteiger charge is -2.56. The molecule has 3 heteroatoms. The number of hydrogen-bond acceptors (Lipinski definition) is 3. The molecule has 1 atom stereocenters. The summed E-state index contributed by atoms with van der Waals surface area (Å²) in [6.07, 6.45) is 8.02. The van der Waals surface area contributed by atoms with Crippen molar-refractivity contribution in [2.45, 2.75) is 77.7 Å². The Bertz CT molecular complexity index is 637. The van der Waals surface area contributed by atoms with Crippen LogP contribution < -0.4 is 9.47 Å². The van der Waals surface area contributed by atoms with Crippen LogP contribution in [-0.2, 0) is 4.74 Å². The topological polar surface area (TPSA) is 27.7 Å². The van der Waals surface area contributed by atoms with Crippen LogP contribution in [0.2, 0.25) is 0 Å². The first-order valence-electron chi connectivity index (χ1n) is 10.7. The molecule has 3 nitrogen and oxygen atoms in total. The monoisotopic (exact) mass is 372 g/mol. The van der Waals surface area contributed by atoms with E-state index in [0.29, 0.717) is 12.7 Å². The van der Waals surface area contributed by atoms with Gasteiger partial charge in [0, 0.05) is 0 Å². The van der Waals surface area contributed by atoms with Crippen molar-refractivity contribution in [3.8, 4) is 11.5 Å². The van der Waals surface area contributed by atoms with Crippen molar-refractivity contribution < 1.29 is 14.2 Å². The molecule has 1 unspecified atom stereocenters. The van der Waals surface area contributed by atoms with Gasteiger partial charge in [-0.3, -0.25) is 0 Å². The predicted octanol–water partition coefficient (Wildman–Crippen LogP) is 6.17. The molecule has 0 aromatic heterocycles. The molecule has 4 aliphatic carbocycles. The predicted molar refractivity (Wildman–Crippen MR) is 108 cm³/mol. The highest BCUT2D eigenvalue weighted by Gasteiger charge is 2.51. The minimum Gasteiger partial charge on any atom is -0.493 e. The Labute approximate surface area is 164 Å². The van der Waals surface area contributed by atoms with E-state index in [-0.39, 0.29) is 11.0 Å². The fourth-order valence-electron chi connectivity index (χ4n) is 6.00. The van der Waals surface area contributed by atoms with Crippen molar-refractivity contribution >= 4 is 0 Å². The SMILES string of the molecule is COc1cc(C(C)C(C)(C)C)ccc1OCOC12CC3CC(CC(C3)C1)C2. The van der Waals surface area contributed by atoms with Crippen molar-refractivity contribution in [2.24, 2.45) is 23.2 Å². The summed E-state index contributed by atoms with van der Waals surface area (Å²) in [6.45, 7) is 9.41. The summed E-state index contributed by atoms with van der Waals surface area (Å²) in [5.74, 6) is 4.71. The van der Waals surface area contributed by atoms with Crippen LogP contribution >= 0.6 is 0 Å². The van der Waals surface area contributed by atoms with Gasteiger partial charge in [-0.25, -0.2) is 0 Å². The van der Waals surface area contributed by atoms with Crippen molar-refractivity contribution in [3.05, 3.63) is 23.8 Å². The Hall–Kier alpha value is -1.22. The first-order chi connectivity index (χ1) is 12.8. The van der Waals surface area contributed by atoms with Crippen molar-refractivity contribution in [2.75, 3.05) is 13.9 Å². The first-order valence-corrected chi connectivity index (χ1v) is 10.7. The van der Waals surface area contributed by atoms with Gasteiger partial charge in [-0.05, 0) is 85.3 Å². The highest BCUT2D eigenvalue weighted by molar-refractivity contribution is 5.44. The van der Waals surface area contributed by atoms with Crippen LogP contribution in [-0.4, -0.2) is 19.5 Å². The average Bonchev–Trinajstić information content (AvgIpc) is 2.59. The van der Waals surface area contributed by atoms with Crippen LogP contribution in [0, 0.1) is 23.2 Å². The van der Waals surface area contributed by atoms with Gasteiger partial charge < -0.3 is 14.2 Å². The van der Waals surface area contributed by atoms with Gasteiger partial charge in [-0.2, -0.15) is 0 Å². The van der Waals surface area contributed by atoms with E-state index >= 15 is 0 Å². The number of ether oxygens (including phenoxy) is 3.